The molecule has 0 aromatic heterocycles. The van der Waals surface area contributed by atoms with Gasteiger partial charge in [0.2, 0.25) is 0 Å². The zero-order valence-corrected chi connectivity index (χ0v) is 25.8. The van der Waals surface area contributed by atoms with Crippen LogP contribution in [0.5, 0.6) is 34.5 Å². The summed E-state index contributed by atoms with van der Waals surface area (Å²) in [6.07, 6.45) is 0. The van der Waals surface area contributed by atoms with Crippen LogP contribution in [0.25, 0.3) is 0 Å². The number of benzene rings is 5. The summed E-state index contributed by atoms with van der Waals surface area (Å²) in [7, 11) is 0. The van der Waals surface area contributed by atoms with Gasteiger partial charge in [-0.25, -0.2) is 4.99 Å². The average molecular weight is 618 g/mol. The van der Waals surface area contributed by atoms with Crippen molar-refractivity contribution in [2.45, 2.75) is 39.0 Å². The van der Waals surface area contributed by atoms with Crippen molar-refractivity contribution >= 4 is 5.84 Å². The van der Waals surface area contributed by atoms with Gasteiger partial charge < -0.3 is 36.0 Å². The molecule has 0 amide bonds. The molecular weight excluding hydrogens is 582 g/mol. The highest BCUT2D eigenvalue weighted by molar-refractivity contribution is 6.03. The molecule has 46 heavy (non-hydrogen) atoms. The largest absolute Gasteiger partial charge is 0.508 e. The number of phenols is 6. The Morgan fingerprint density at radius 2 is 0.978 bits per heavy atom. The second-order valence-corrected chi connectivity index (χ2v) is 11.9. The quantitative estimate of drug-likeness (QED) is 0.121. The first-order chi connectivity index (χ1) is 21.8. The Kier molecular flexibility index (Phi) is 7.29. The summed E-state index contributed by atoms with van der Waals surface area (Å²) in [4.78, 5) is 5.22. The number of hydrogen-bond donors (Lipinski definition) is 8. The van der Waals surface area contributed by atoms with Crippen LogP contribution >= 0.6 is 0 Å². The highest BCUT2D eigenvalue weighted by Crippen LogP contribution is 2.48. The van der Waals surface area contributed by atoms with E-state index in [0.717, 1.165) is 22.3 Å². The van der Waals surface area contributed by atoms with Gasteiger partial charge >= 0.3 is 0 Å². The van der Waals surface area contributed by atoms with Gasteiger partial charge in [0.05, 0.1) is 5.56 Å². The Morgan fingerprint density at radius 1 is 0.500 bits per heavy atom. The highest BCUT2D eigenvalue weighted by Gasteiger charge is 2.52. The van der Waals surface area contributed by atoms with Gasteiger partial charge in [0.25, 0.3) is 0 Å². The lowest BCUT2D eigenvalue weighted by molar-refractivity contribution is 0.231. The van der Waals surface area contributed by atoms with E-state index in [4.69, 9.17) is 4.99 Å². The molecule has 1 aliphatic rings. The van der Waals surface area contributed by atoms with Crippen molar-refractivity contribution in [3.63, 3.8) is 0 Å². The van der Waals surface area contributed by atoms with Crippen molar-refractivity contribution in [1.82, 2.24) is 10.6 Å². The Bertz CT molecular complexity index is 1930. The number of hydrogen-bond acceptors (Lipinski definition) is 9. The molecule has 5 aromatic rings. The number of nitrogens with one attached hydrogen (secondary N) is 2. The number of rotatable bonds is 5. The van der Waals surface area contributed by atoms with Crippen molar-refractivity contribution in [3.8, 4) is 34.5 Å². The lowest BCUT2D eigenvalue weighted by Gasteiger charge is -2.50. The third-order valence-corrected chi connectivity index (χ3v) is 8.50. The molecule has 0 bridgehead atoms. The number of aliphatic imine (C=N–C) groups is 1. The molecule has 0 fully saturated rings. The van der Waals surface area contributed by atoms with Gasteiger partial charge in [-0.2, -0.15) is 0 Å². The minimum Gasteiger partial charge on any atom is -0.508 e. The van der Waals surface area contributed by atoms with E-state index in [9.17, 15) is 30.6 Å². The van der Waals surface area contributed by atoms with Crippen molar-refractivity contribution in [1.29, 1.82) is 0 Å². The molecule has 2 atom stereocenters. The summed E-state index contributed by atoms with van der Waals surface area (Å²) < 4.78 is 0. The van der Waals surface area contributed by atoms with Crippen molar-refractivity contribution in [2.75, 3.05) is 0 Å². The maximum absolute atomic E-state index is 11.5. The van der Waals surface area contributed by atoms with Gasteiger partial charge in [-0.15, -0.1) is 0 Å². The molecule has 0 radical (unpaired) electrons. The summed E-state index contributed by atoms with van der Waals surface area (Å²) in [5.41, 5.74) is 2.66. The number of aromatic hydroxyl groups is 6. The fraction of sp³-hybridized carbons (Fsp3) is 0.162. The molecule has 9 heteroatoms. The van der Waals surface area contributed by atoms with Crippen LogP contribution in [0.4, 0.5) is 0 Å². The SMILES string of the molecule is Cc1ccc(C2(c3ccc(O)cc3O)N=C(c3ccc(O)cc3O)NC(c3ccc(C)cc3C)(c3ccc(O)cc3O)N2)c(C)c1. The molecule has 1 aliphatic heterocycles. The van der Waals surface area contributed by atoms with E-state index >= 15 is 0 Å². The second-order valence-electron chi connectivity index (χ2n) is 11.9. The third-order valence-electron chi connectivity index (χ3n) is 8.50. The van der Waals surface area contributed by atoms with Crippen LogP contribution in [-0.2, 0) is 11.3 Å². The number of phenolic OH excluding ortho intramolecular Hbond substituents is 6. The predicted molar refractivity (Wildman–Crippen MR) is 176 cm³/mol. The number of aryl methyl sites for hydroxylation is 4. The lowest BCUT2D eigenvalue weighted by atomic mass is 9.79. The van der Waals surface area contributed by atoms with Crippen LogP contribution in [0.3, 0.4) is 0 Å². The Balaban J connectivity index is 1.82. The third kappa shape index (κ3) is 5.00. The number of amidine groups is 1. The minimum absolute atomic E-state index is 0.144. The fourth-order valence-electron chi connectivity index (χ4n) is 6.48. The first kappa shape index (κ1) is 30.4. The van der Waals surface area contributed by atoms with Crippen molar-refractivity contribution in [3.05, 3.63) is 141 Å². The van der Waals surface area contributed by atoms with Crippen LogP contribution in [0.2, 0.25) is 0 Å². The lowest BCUT2D eigenvalue weighted by Crippen LogP contribution is -2.67. The van der Waals surface area contributed by atoms with Crippen molar-refractivity contribution in [2.24, 2.45) is 4.99 Å². The Labute approximate surface area is 266 Å². The van der Waals surface area contributed by atoms with Crippen LogP contribution in [0, 0.1) is 27.7 Å². The van der Waals surface area contributed by atoms with Gasteiger partial charge in [-0.1, -0.05) is 47.5 Å². The van der Waals surface area contributed by atoms with Crippen LogP contribution < -0.4 is 10.6 Å². The van der Waals surface area contributed by atoms with Gasteiger partial charge in [-0.05, 0) is 80.8 Å². The van der Waals surface area contributed by atoms with Gasteiger partial charge in [0.1, 0.15) is 46.0 Å². The van der Waals surface area contributed by atoms with Gasteiger partial charge in [-0.3, -0.25) is 5.32 Å². The molecule has 5 aromatic carbocycles. The standard InChI is InChI=1S/C37H35N3O6/c1-20-5-11-28(22(3)15-20)36(30-13-8-25(42)18-33(30)45)38-35(27-10-7-24(41)17-32(27)44)39-37(40-36,29-12-6-21(2)16-23(29)4)31-14-9-26(43)19-34(31)46/h5-19,40-46H,1-4H3,(H,38,39). The molecule has 0 saturated heterocycles. The number of nitrogens with zero attached hydrogens (tertiary/aromatic N) is 1. The topological polar surface area (TPSA) is 158 Å². The van der Waals surface area contributed by atoms with E-state index in [2.05, 4.69) is 10.6 Å². The van der Waals surface area contributed by atoms with E-state index in [1.807, 2.05) is 64.1 Å². The molecule has 0 saturated carbocycles. The zero-order valence-electron chi connectivity index (χ0n) is 25.8. The normalized spacial score (nSPS) is 19.3. The fourth-order valence-corrected chi connectivity index (χ4v) is 6.48. The van der Waals surface area contributed by atoms with E-state index in [0.29, 0.717) is 16.7 Å². The monoisotopic (exact) mass is 617 g/mol. The maximum Gasteiger partial charge on any atom is 0.170 e. The Morgan fingerprint density at radius 3 is 1.50 bits per heavy atom. The summed E-state index contributed by atoms with van der Waals surface area (Å²) >= 11 is 0. The van der Waals surface area contributed by atoms with E-state index in [1.54, 1.807) is 12.1 Å². The molecule has 6 rings (SSSR count). The average Bonchev–Trinajstić information content (AvgIpc) is 2.96. The second kappa shape index (κ2) is 11.0. The summed E-state index contributed by atoms with van der Waals surface area (Å²) in [6.45, 7) is 7.80. The molecule has 2 unspecified atom stereocenters. The molecule has 0 aliphatic carbocycles. The van der Waals surface area contributed by atoms with E-state index < -0.39 is 11.3 Å². The molecule has 8 N–H and O–H groups in total. The smallest absolute Gasteiger partial charge is 0.170 e. The van der Waals surface area contributed by atoms with Crippen LogP contribution in [0.1, 0.15) is 50.1 Å². The van der Waals surface area contributed by atoms with E-state index in [1.165, 1.54) is 42.5 Å². The van der Waals surface area contributed by atoms with E-state index in [-0.39, 0.29) is 51.5 Å². The molecule has 9 nitrogen and oxygen atoms in total. The summed E-state index contributed by atoms with van der Waals surface area (Å²) in [5.74, 6) is -1.03. The van der Waals surface area contributed by atoms with Crippen molar-refractivity contribution < 1.29 is 30.6 Å². The molecular formula is C37H35N3O6. The minimum atomic E-state index is -1.62. The maximum atomic E-state index is 11.5. The van der Waals surface area contributed by atoms with Crippen LogP contribution in [-0.4, -0.2) is 36.5 Å². The highest BCUT2D eigenvalue weighted by atomic mass is 16.3. The zero-order chi connectivity index (χ0) is 33.0. The molecule has 1 heterocycles. The Hall–Kier alpha value is -5.67. The van der Waals surface area contributed by atoms with Gasteiger partial charge in [0, 0.05) is 34.9 Å². The summed E-state index contributed by atoms with van der Waals surface area (Å²) in [6, 6.07) is 24.4. The molecule has 234 valence electrons. The first-order valence-electron chi connectivity index (χ1n) is 14.7. The van der Waals surface area contributed by atoms with Gasteiger partial charge in [0.15, 0.2) is 5.66 Å². The predicted octanol–water partition coefficient (Wildman–Crippen LogP) is 5.90. The molecule has 0 spiro atoms. The van der Waals surface area contributed by atoms with Crippen LogP contribution in [0.15, 0.2) is 96.0 Å². The summed E-state index contributed by atoms with van der Waals surface area (Å²) in [5, 5.41) is 72.2. The first-order valence-corrected chi connectivity index (χ1v) is 14.7.